The van der Waals surface area contributed by atoms with E-state index in [-0.39, 0.29) is 12.2 Å². The molecule has 0 aromatic rings. The molecule has 0 radical (unpaired) electrons. The molecule has 0 heterocycles. The van der Waals surface area contributed by atoms with Gasteiger partial charge in [-0.25, -0.2) is 0 Å². The predicted molar refractivity (Wildman–Crippen MR) is 69.1 cm³/mol. The molecular weight excluding hydrogens is 228 g/mol. The van der Waals surface area contributed by atoms with Gasteiger partial charge in [0.2, 0.25) is 0 Å². The third kappa shape index (κ3) is 2.65. The van der Waals surface area contributed by atoms with Crippen molar-refractivity contribution in [1.29, 1.82) is 0 Å². The lowest BCUT2D eigenvalue weighted by Gasteiger charge is -2.28. The first kappa shape index (κ1) is 13.3. The number of carboxylic acids is 1. The molecule has 4 unspecified atom stereocenters. The zero-order valence-corrected chi connectivity index (χ0v) is 11.2. The number of Topliss-reactive ketones (excluding diaryl/α,β-unsaturated/α-hetero) is 1. The van der Waals surface area contributed by atoms with E-state index in [0.29, 0.717) is 18.3 Å². The summed E-state index contributed by atoms with van der Waals surface area (Å²) < 4.78 is 0. The predicted octanol–water partition coefficient (Wildman–Crippen LogP) is 3.05. The largest absolute Gasteiger partial charge is 0.481 e. The molecule has 3 nitrogen and oxygen atoms in total. The van der Waals surface area contributed by atoms with Crippen LogP contribution in [0.3, 0.4) is 0 Å². The Morgan fingerprint density at radius 2 is 2.06 bits per heavy atom. The number of carbonyl (C=O) groups is 2. The normalized spacial score (nSPS) is 32.4. The first-order chi connectivity index (χ1) is 8.40. The Morgan fingerprint density at radius 1 is 1.33 bits per heavy atom. The maximum Gasteiger partial charge on any atom is 0.304 e. The Kier molecular flexibility index (Phi) is 3.60. The lowest BCUT2D eigenvalue weighted by molar-refractivity contribution is -0.143. The summed E-state index contributed by atoms with van der Waals surface area (Å²) in [5.74, 6) is 1.20. The first-order valence-corrected chi connectivity index (χ1v) is 6.82. The number of carbonyl (C=O) groups excluding carboxylic acids is 1. The van der Waals surface area contributed by atoms with Crippen LogP contribution in [0.1, 0.15) is 46.0 Å². The van der Waals surface area contributed by atoms with Crippen LogP contribution in [0.25, 0.3) is 0 Å². The number of allylic oxidation sites excluding steroid dienone is 2. The van der Waals surface area contributed by atoms with Crippen LogP contribution in [0.15, 0.2) is 12.2 Å². The Labute approximate surface area is 108 Å². The number of carboxylic acid groups (broad SMARTS) is 1. The van der Waals surface area contributed by atoms with Crippen LogP contribution in [0.5, 0.6) is 0 Å². The summed E-state index contributed by atoms with van der Waals surface area (Å²) >= 11 is 0. The summed E-state index contributed by atoms with van der Waals surface area (Å²) in [7, 11) is 0. The van der Waals surface area contributed by atoms with E-state index in [1.54, 1.807) is 6.92 Å². The van der Waals surface area contributed by atoms with Crippen molar-refractivity contribution in [2.45, 2.75) is 46.0 Å². The molecule has 1 saturated carbocycles. The molecule has 18 heavy (non-hydrogen) atoms. The van der Waals surface area contributed by atoms with Gasteiger partial charge in [-0.2, -0.15) is 0 Å². The summed E-state index contributed by atoms with van der Waals surface area (Å²) in [4.78, 5) is 22.6. The van der Waals surface area contributed by atoms with Crippen LogP contribution in [0.2, 0.25) is 0 Å². The summed E-state index contributed by atoms with van der Waals surface area (Å²) in [6, 6.07) is 0. The van der Waals surface area contributed by atoms with Gasteiger partial charge in [0.25, 0.3) is 0 Å². The van der Waals surface area contributed by atoms with E-state index in [2.05, 4.69) is 12.2 Å². The van der Waals surface area contributed by atoms with Crippen molar-refractivity contribution in [3.63, 3.8) is 0 Å². The fourth-order valence-electron chi connectivity index (χ4n) is 3.45. The summed E-state index contributed by atoms with van der Waals surface area (Å²) in [6.45, 7) is 3.32. The highest BCUT2D eigenvalue weighted by Gasteiger charge is 2.38. The quantitative estimate of drug-likeness (QED) is 0.737. The Hall–Kier alpha value is -1.12. The second-order valence-corrected chi connectivity index (χ2v) is 6.27. The van der Waals surface area contributed by atoms with E-state index in [9.17, 15) is 9.59 Å². The molecule has 2 rings (SSSR count). The molecule has 0 spiro atoms. The minimum absolute atomic E-state index is 0.00333. The van der Waals surface area contributed by atoms with Crippen molar-refractivity contribution >= 4 is 11.8 Å². The van der Waals surface area contributed by atoms with E-state index in [1.165, 1.54) is 19.8 Å². The van der Waals surface area contributed by atoms with E-state index in [4.69, 9.17) is 5.11 Å². The third-order valence-corrected chi connectivity index (χ3v) is 4.87. The van der Waals surface area contributed by atoms with Crippen molar-refractivity contribution in [2.24, 2.45) is 23.2 Å². The topological polar surface area (TPSA) is 54.4 Å². The lowest BCUT2D eigenvalue weighted by Crippen LogP contribution is -2.29. The van der Waals surface area contributed by atoms with Crippen molar-refractivity contribution < 1.29 is 14.7 Å². The molecule has 2 aliphatic rings. The van der Waals surface area contributed by atoms with Gasteiger partial charge in [-0.1, -0.05) is 19.1 Å². The fraction of sp³-hybridized carbons (Fsp3) is 0.733. The van der Waals surface area contributed by atoms with Crippen molar-refractivity contribution in [3.8, 4) is 0 Å². The molecule has 2 bridgehead atoms. The Balaban J connectivity index is 1.92. The molecule has 0 aliphatic heterocycles. The number of hydrogen-bond donors (Lipinski definition) is 1. The molecular formula is C15H22O3. The van der Waals surface area contributed by atoms with E-state index >= 15 is 0 Å². The zero-order valence-electron chi connectivity index (χ0n) is 11.2. The average Bonchev–Trinajstić information content (AvgIpc) is 2.86. The standard InChI is InChI=1S/C15H22O3/c1-10(16)15(2,9-14(17)18)6-5-13-8-11-3-4-12(13)7-11/h3-4,11-13H,5-9H2,1-2H3,(H,17,18). The van der Waals surface area contributed by atoms with Gasteiger partial charge in [0, 0.05) is 5.41 Å². The van der Waals surface area contributed by atoms with Gasteiger partial charge in [-0.05, 0) is 50.4 Å². The minimum atomic E-state index is -0.875. The van der Waals surface area contributed by atoms with Gasteiger partial charge in [-0.3, -0.25) is 9.59 Å². The van der Waals surface area contributed by atoms with Crippen molar-refractivity contribution in [3.05, 3.63) is 12.2 Å². The zero-order chi connectivity index (χ0) is 13.3. The first-order valence-electron chi connectivity index (χ1n) is 6.82. The third-order valence-electron chi connectivity index (χ3n) is 4.87. The van der Waals surface area contributed by atoms with Crippen LogP contribution in [-0.2, 0) is 9.59 Å². The highest BCUT2D eigenvalue weighted by atomic mass is 16.4. The van der Waals surface area contributed by atoms with Gasteiger partial charge in [0.1, 0.15) is 5.78 Å². The Morgan fingerprint density at radius 3 is 2.50 bits per heavy atom. The number of ketones is 1. The SMILES string of the molecule is CC(=O)C(C)(CCC1CC2C=CC1C2)CC(=O)O. The molecule has 0 aromatic heterocycles. The number of fused-ring (bicyclic) bond motifs is 2. The molecule has 1 N–H and O–H groups in total. The Bertz CT molecular complexity index is 385. The lowest BCUT2D eigenvalue weighted by atomic mass is 9.75. The van der Waals surface area contributed by atoms with E-state index in [1.807, 2.05) is 0 Å². The summed E-state index contributed by atoms with van der Waals surface area (Å²) in [5, 5.41) is 8.93. The van der Waals surface area contributed by atoms with Crippen LogP contribution in [-0.4, -0.2) is 16.9 Å². The fourth-order valence-corrected chi connectivity index (χ4v) is 3.45. The second kappa shape index (κ2) is 4.87. The van der Waals surface area contributed by atoms with Crippen LogP contribution < -0.4 is 0 Å². The minimum Gasteiger partial charge on any atom is -0.481 e. The highest BCUT2D eigenvalue weighted by molar-refractivity contribution is 5.86. The molecule has 4 atom stereocenters. The maximum absolute atomic E-state index is 11.7. The second-order valence-electron chi connectivity index (χ2n) is 6.27. The van der Waals surface area contributed by atoms with Gasteiger partial charge < -0.3 is 5.11 Å². The molecule has 3 heteroatoms. The number of hydrogen-bond acceptors (Lipinski definition) is 2. The van der Waals surface area contributed by atoms with Gasteiger partial charge in [0.05, 0.1) is 6.42 Å². The van der Waals surface area contributed by atoms with E-state index < -0.39 is 11.4 Å². The van der Waals surface area contributed by atoms with Gasteiger partial charge in [-0.15, -0.1) is 0 Å². The monoisotopic (exact) mass is 250 g/mol. The van der Waals surface area contributed by atoms with E-state index in [0.717, 1.165) is 12.3 Å². The maximum atomic E-state index is 11.7. The van der Waals surface area contributed by atoms with Crippen molar-refractivity contribution in [2.75, 3.05) is 0 Å². The highest BCUT2D eigenvalue weighted by Crippen LogP contribution is 2.46. The molecule has 1 fully saturated rings. The molecule has 100 valence electrons. The molecule has 0 saturated heterocycles. The molecule has 0 aromatic carbocycles. The van der Waals surface area contributed by atoms with Gasteiger partial charge >= 0.3 is 5.97 Å². The van der Waals surface area contributed by atoms with Crippen LogP contribution in [0.4, 0.5) is 0 Å². The van der Waals surface area contributed by atoms with Gasteiger partial charge in [0.15, 0.2) is 0 Å². The number of rotatable bonds is 6. The van der Waals surface area contributed by atoms with Crippen molar-refractivity contribution in [1.82, 2.24) is 0 Å². The average molecular weight is 250 g/mol. The summed E-state index contributed by atoms with van der Waals surface area (Å²) in [5.41, 5.74) is -0.683. The van der Waals surface area contributed by atoms with Crippen LogP contribution >= 0.6 is 0 Å². The number of aliphatic carboxylic acids is 1. The van der Waals surface area contributed by atoms with Crippen LogP contribution in [0, 0.1) is 23.2 Å². The smallest absolute Gasteiger partial charge is 0.304 e. The summed E-state index contributed by atoms with van der Waals surface area (Å²) in [6.07, 6.45) is 8.75. The molecule has 2 aliphatic carbocycles. The molecule has 0 amide bonds.